The summed E-state index contributed by atoms with van der Waals surface area (Å²) in [6.45, 7) is -0.379. The zero-order valence-corrected chi connectivity index (χ0v) is 18.7. The van der Waals surface area contributed by atoms with E-state index in [0.29, 0.717) is 40.3 Å². The number of aromatic nitrogens is 6. The number of alkyl halides is 3. The van der Waals surface area contributed by atoms with Gasteiger partial charge in [0, 0.05) is 43.0 Å². The molecule has 0 spiro atoms. The average Bonchev–Trinajstić information content (AvgIpc) is 3.40. The molecule has 5 heterocycles. The summed E-state index contributed by atoms with van der Waals surface area (Å²) in [6, 6.07) is 6.99. The largest absolute Gasteiger partial charge is 0.465 e. The number of carbonyl (C=O) groups is 1. The van der Waals surface area contributed by atoms with Crippen LogP contribution < -0.4 is 4.90 Å². The number of pyridine rings is 2. The van der Waals surface area contributed by atoms with E-state index in [4.69, 9.17) is 0 Å². The predicted molar refractivity (Wildman–Crippen MR) is 122 cm³/mol. The van der Waals surface area contributed by atoms with Gasteiger partial charge in [-0.1, -0.05) is 6.07 Å². The van der Waals surface area contributed by atoms with Gasteiger partial charge in [0.15, 0.2) is 5.82 Å². The Hall–Kier alpha value is -4.20. The van der Waals surface area contributed by atoms with Crippen molar-refractivity contribution in [3.63, 3.8) is 0 Å². The molecule has 2 N–H and O–H groups in total. The van der Waals surface area contributed by atoms with Crippen LogP contribution in [0.2, 0.25) is 0 Å². The van der Waals surface area contributed by atoms with E-state index in [1.54, 1.807) is 41.3 Å². The van der Waals surface area contributed by atoms with Crippen LogP contribution in [-0.2, 0) is 6.54 Å². The maximum atomic E-state index is 12.7. The van der Waals surface area contributed by atoms with E-state index in [1.807, 2.05) is 4.90 Å². The topological polar surface area (TPSA) is 125 Å². The highest BCUT2D eigenvalue weighted by Crippen LogP contribution is 2.25. The van der Waals surface area contributed by atoms with Gasteiger partial charge in [0.2, 0.25) is 0 Å². The van der Waals surface area contributed by atoms with Gasteiger partial charge in [0.1, 0.15) is 12.4 Å². The number of aliphatic hydroxyl groups excluding tert-OH is 1. The minimum absolute atomic E-state index is 0.0185. The van der Waals surface area contributed by atoms with Gasteiger partial charge in [0.05, 0.1) is 36.3 Å². The number of carboxylic acid groups (broad SMARTS) is 1. The maximum Gasteiger partial charge on any atom is 0.408 e. The molecule has 0 aromatic carbocycles. The monoisotopic (exact) mass is 502 g/mol. The van der Waals surface area contributed by atoms with E-state index in [1.165, 1.54) is 17.3 Å². The van der Waals surface area contributed by atoms with E-state index >= 15 is 0 Å². The van der Waals surface area contributed by atoms with Gasteiger partial charge in [-0.05, 0) is 18.2 Å². The number of nitrogens with zero attached hydrogens (tertiary/aromatic N) is 8. The van der Waals surface area contributed by atoms with Crippen molar-refractivity contribution < 1.29 is 28.2 Å². The lowest BCUT2D eigenvalue weighted by atomic mass is 10.2. The summed E-state index contributed by atoms with van der Waals surface area (Å²) in [6.07, 6.45) is -0.554. The summed E-state index contributed by atoms with van der Waals surface area (Å²) in [5.74, 6) is 1.02. The van der Waals surface area contributed by atoms with E-state index in [2.05, 4.69) is 20.2 Å². The van der Waals surface area contributed by atoms with Crippen LogP contribution in [0.3, 0.4) is 0 Å². The summed E-state index contributed by atoms with van der Waals surface area (Å²) in [4.78, 5) is 23.3. The molecular formula is C22H21F3N8O3. The third-order valence-corrected chi connectivity index (χ3v) is 5.76. The molecule has 1 fully saturated rings. The number of halogens is 3. The number of anilines is 1. The molecule has 11 nitrogen and oxygen atoms in total. The van der Waals surface area contributed by atoms with Crippen molar-refractivity contribution in [1.29, 1.82) is 0 Å². The lowest BCUT2D eigenvalue weighted by Crippen LogP contribution is -2.36. The minimum atomic E-state index is -4.38. The standard InChI is InChI=1S/C22H21F3N8O3/c23-22(24,25)13-32-10-15(9-27-32)17-6-18-14(7-26-17)8-28-33(18)20-3-1-2-19(29-20)30-4-5-31(21(35)36)12-16(34)11-30/h1-3,6-10,16,34H,4-5,11-13H2,(H,35,36)/t16-/m1/s1. The zero-order chi connectivity index (χ0) is 25.4. The van der Waals surface area contributed by atoms with Gasteiger partial charge in [0.25, 0.3) is 0 Å². The van der Waals surface area contributed by atoms with Crippen molar-refractivity contribution in [3.05, 3.63) is 49.1 Å². The van der Waals surface area contributed by atoms with Gasteiger partial charge in [-0.2, -0.15) is 23.4 Å². The molecule has 4 aromatic heterocycles. The molecule has 1 saturated heterocycles. The third-order valence-electron chi connectivity index (χ3n) is 5.76. The summed E-state index contributed by atoms with van der Waals surface area (Å²) in [5.41, 5.74) is 1.50. The molecule has 1 aliphatic heterocycles. The number of hydrogen-bond acceptors (Lipinski definition) is 7. The lowest BCUT2D eigenvalue weighted by molar-refractivity contribution is -0.142. The van der Waals surface area contributed by atoms with Crippen LogP contribution in [0.15, 0.2) is 49.1 Å². The number of fused-ring (bicyclic) bond motifs is 1. The molecule has 0 unspecified atom stereocenters. The summed E-state index contributed by atoms with van der Waals surface area (Å²) in [5, 5.41) is 28.4. The van der Waals surface area contributed by atoms with Crippen LogP contribution >= 0.6 is 0 Å². The highest BCUT2D eigenvalue weighted by atomic mass is 19.4. The molecular weight excluding hydrogens is 481 g/mol. The van der Waals surface area contributed by atoms with Gasteiger partial charge in [-0.25, -0.2) is 14.5 Å². The molecule has 0 saturated carbocycles. The van der Waals surface area contributed by atoms with E-state index < -0.39 is 24.9 Å². The van der Waals surface area contributed by atoms with Crippen molar-refractivity contribution in [2.24, 2.45) is 0 Å². The quantitative estimate of drug-likeness (QED) is 0.436. The predicted octanol–water partition coefficient (Wildman–Crippen LogP) is 2.40. The summed E-state index contributed by atoms with van der Waals surface area (Å²) >= 11 is 0. The first-order valence-corrected chi connectivity index (χ1v) is 11.0. The van der Waals surface area contributed by atoms with Crippen molar-refractivity contribution in [2.75, 3.05) is 31.1 Å². The fourth-order valence-corrected chi connectivity index (χ4v) is 4.11. The first-order valence-electron chi connectivity index (χ1n) is 11.0. The van der Waals surface area contributed by atoms with E-state index in [9.17, 15) is 28.2 Å². The molecule has 0 radical (unpaired) electrons. The molecule has 188 valence electrons. The smallest absolute Gasteiger partial charge is 0.408 e. The van der Waals surface area contributed by atoms with Crippen LogP contribution in [-0.4, -0.2) is 89.2 Å². The molecule has 1 atom stereocenters. The third kappa shape index (κ3) is 4.93. The van der Waals surface area contributed by atoms with Crippen LogP contribution in [0.5, 0.6) is 0 Å². The summed E-state index contributed by atoms with van der Waals surface area (Å²) < 4.78 is 40.5. The first-order chi connectivity index (χ1) is 17.2. The van der Waals surface area contributed by atoms with Gasteiger partial charge < -0.3 is 20.0 Å². The van der Waals surface area contributed by atoms with Crippen molar-refractivity contribution in [1.82, 2.24) is 34.4 Å². The molecule has 5 rings (SSSR count). The molecule has 0 bridgehead atoms. The number of amides is 1. The second kappa shape index (κ2) is 9.11. The highest BCUT2D eigenvalue weighted by Gasteiger charge is 2.28. The van der Waals surface area contributed by atoms with Crippen molar-refractivity contribution in [2.45, 2.75) is 18.8 Å². The Morgan fingerprint density at radius 1 is 1.08 bits per heavy atom. The Morgan fingerprint density at radius 2 is 1.89 bits per heavy atom. The van der Waals surface area contributed by atoms with Crippen LogP contribution in [0.1, 0.15) is 0 Å². The lowest BCUT2D eigenvalue weighted by Gasteiger charge is -2.23. The SMILES string of the molecule is O=C(O)N1CCN(c2cccc(-n3ncc4cnc(-c5cnn(CC(F)(F)F)c5)cc43)n2)C[C@@H](O)C1. The Balaban J connectivity index is 1.44. The average molecular weight is 502 g/mol. The van der Waals surface area contributed by atoms with Crippen molar-refractivity contribution in [3.8, 4) is 17.1 Å². The number of rotatable bonds is 4. The fraction of sp³-hybridized carbons (Fsp3) is 0.318. The summed E-state index contributed by atoms with van der Waals surface area (Å²) in [7, 11) is 0. The van der Waals surface area contributed by atoms with Gasteiger partial charge in [-0.15, -0.1) is 0 Å². The van der Waals surface area contributed by atoms with Crippen LogP contribution in [0, 0.1) is 0 Å². The Labute approximate surface area is 202 Å². The molecule has 1 amide bonds. The van der Waals surface area contributed by atoms with Gasteiger partial charge >= 0.3 is 12.3 Å². The number of hydrogen-bond donors (Lipinski definition) is 2. The minimum Gasteiger partial charge on any atom is -0.465 e. The van der Waals surface area contributed by atoms with Crippen LogP contribution in [0.4, 0.5) is 23.8 Å². The molecule has 0 aliphatic carbocycles. The highest BCUT2D eigenvalue weighted by molar-refractivity contribution is 5.83. The normalized spacial score (nSPS) is 16.9. The first kappa shape index (κ1) is 23.5. The van der Waals surface area contributed by atoms with Crippen LogP contribution in [0.25, 0.3) is 28.0 Å². The number of aliphatic hydroxyl groups is 1. The Kier molecular flexibility index (Phi) is 5.96. The molecule has 1 aliphatic rings. The van der Waals surface area contributed by atoms with E-state index in [-0.39, 0.29) is 19.6 Å². The zero-order valence-electron chi connectivity index (χ0n) is 18.7. The second-order valence-electron chi connectivity index (χ2n) is 8.41. The molecule has 36 heavy (non-hydrogen) atoms. The second-order valence-corrected chi connectivity index (χ2v) is 8.41. The number of β-amino-alcohol motifs (C(OH)–C–C–N with tert-alkyl or cyclic N) is 1. The molecule has 14 heteroatoms. The Morgan fingerprint density at radius 3 is 2.67 bits per heavy atom. The Bertz CT molecular complexity index is 1400. The maximum absolute atomic E-state index is 12.7. The van der Waals surface area contributed by atoms with Crippen molar-refractivity contribution >= 4 is 22.8 Å². The van der Waals surface area contributed by atoms with E-state index in [0.717, 1.165) is 4.68 Å². The molecule has 4 aromatic rings. The fourth-order valence-electron chi connectivity index (χ4n) is 4.11. The van der Waals surface area contributed by atoms with Gasteiger partial charge in [-0.3, -0.25) is 9.67 Å².